The number of aromatic nitrogens is 1. The second-order valence-electron chi connectivity index (χ2n) is 4.74. The van der Waals surface area contributed by atoms with E-state index in [1.54, 1.807) is 42.5 Å². The third kappa shape index (κ3) is 3.51. The molecule has 1 aromatic carbocycles. The topological polar surface area (TPSA) is 71.3 Å². The Morgan fingerprint density at radius 3 is 2.52 bits per heavy atom. The Hall–Kier alpha value is -2.56. The highest BCUT2D eigenvalue weighted by Gasteiger charge is 2.23. The van der Waals surface area contributed by atoms with Crippen LogP contribution in [0.4, 0.5) is 0 Å². The lowest BCUT2D eigenvalue weighted by atomic mass is 10.1. The van der Waals surface area contributed by atoms with Gasteiger partial charge < -0.3 is 15.0 Å². The third-order valence-electron chi connectivity index (χ3n) is 3.18. The minimum atomic E-state index is -1.08. The lowest BCUT2D eigenvalue weighted by Crippen LogP contribution is -2.34. The second-order valence-corrected chi connectivity index (χ2v) is 4.74. The van der Waals surface area contributed by atoms with Crippen molar-refractivity contribution in [2.45, 2.75) is 25.9 Å². The highest BCUT2D eigenvalue weighted by atomic mass is 16.4. The van der Waals surface area contributed by atoms with Gasteiger partial charge in [-0.05, 0) is 24.1 Å². The van der Waals surface area contributed by atoms with Gasteiger partial charge in [-0.25, -0.2) is 4.79 Å². The van der Waals surface area contributed by atoms with Gasteiger partial charge in [0.2, 0.25) is 0 Å². The summed E-state index contributed by atoms with van der Waals surface area (Å²) in [7, 11) is 0. The summed E-state index contributed by atoms with van der Waals surface area (Å²) in [6.07, 6.45) is 2.71. The maximum atomic E-state index is 12.3. The average molecular weight is 286 g/mol. The summed E-state index contributed by atoms with van der Waals surface area (Å²) in [5, 5.41) is 11.9. The van der Waals surface area contributed by atoms with Gasteiger partial charge in [-0.15, -0.1) is 0 Å². The molecule has 2 aromatic rings. The molecule has 0 radical (unpaired) electrons. The molecule has 21 heavy (non-hydrogen) atoms. The number of nitrogens with one attached hydrogen (secondary N) is 1. The fourth-order valence-corrected chi connectivity index (χ4v) is 2.19. The largest absolute Gasteiger partial charge is 0.479 e. The van der Waals surface area contributed by atoms with Crippen LogP contribution in [0, 0.1) is 0 Å². The van der Waals surface area contributed by atoms with Gasteiger partial charge in [0, 0.05) is 12.7 Å². The van der Waals surface area contributed by atoms with E-state index in [-0.39, 0.29) is 5.91 Å². The molecular weight excluding hydrogens is 268 g/mol. The highest BCUT2D eigenvalue weighted by molar-refractivity contribution is 5.95. The highest BCUT2D eigenvalue weighted by Crippen LogP contribution is 2.14. The molecule has 1 heterocycles. The average Bonchev–Trinajstić information content (AvgIpc) is 2.94. The van der Waals surface area contributed by atoms with Crippen molar-refractivity contribution < 1.29 is 14.7 Å². The summed E-state index contributed by atoms with van der Waals surface area (Å²) in [4.78, 5) is 23.7. The molecule has 1 atom stereocenters. The number of carbonyl (C=O) groups is 2. The van der Waals surface area contributed by atoms with Crippen LogP contribution in [0.25, 0.3) is 0 Å². The molecule has 5 nitrogen and oxygen atoms in total. The van der Waals surface area contributed by atoms with Crippen molar-refractivity contribution in [3.63, 3.8) is 0 Å². The maximum absolute atomic E-state index is 12.3. The molecule has 0 saturated heterocycles. The van der Waals surface area contributed by atoms with Gasteiger partial charge in [-0.1, -0.05) is 37.3 Å². The quantitative estimate of drug-likeness (QED) is 0.857. The minimum Gasteiger partial charge on any atom is -0.479 e. The fraction of sp³-hybridized carbons (Fsp3) is 0.250. The summed E-state index contributed by atoms with van der Waals surface area (Å²) in [6.45, 7) is 2.74. The number of nitrogens with zero attached hydrogens (tertiary/aromatic N) is 1. The van der Waals surface area contributed by atoms with E-state index >= 15 is 0 Å². The van der Waals surface area contributed by atoms with Crippen molar-refractivity contribution >= 4 is 11.9 Å². The van der Waals surface area contributed by atoms with Gasteiger partial charge in [0.05, 0.1) is 0 Å². The summed E-state index contributed by atoms with van der Waals surface area (Å²) in [5.74, 6) is -1.46. The first-order valence-electron chi connectivity index (χ1n) is 6.87. The molecule has 1 amide bonds. The Kier molecular flexibility index (Phi) is 4.77. The first kappa shape index (κ1) is 14.8. The predicted octanol–water partition coefficient (Wildman–Crippen LogP) is 2.45. The molecule has 0 saturated carbocycles. The summed E-state index contributed by atoms with van der Waals surface area (Å²) in [6, 6.07) is 11.1. The van der Waals surface area contributed by atoms with Gasteiger partial charge >= 0.3 is 5.97 Å². The summed E-state index contributed by atoms with van der Waals surface area (Å²) in [5.41, 5.74) is 1.02. The van der Waals surface area contributed by atoms with E-state index in [9.17, 15) is 14.7 Å². The zero-order chi connectivity index (χ0) is 15.2. The van der Waals surface area contributed by atoms with Crippen LogP contribution in [0.2, 0.25) is 0 Å². The molecule has 2 rings (SSSR count). The van der Waals surface area contributed by atoms with E-state index < -0.39 is 12.0 Å². The van der Waals surface area contributed by atoms with E-state index in [1.165, 1.54) is 0 Å². The van der Waals surface area contributed by atoms with E-state index in [2.05, 4.69) is 5.32 Å². The lowest BCUT2D eigenvalue weighted by molar-refractivity contribution is -0.139. The zero-order valence-corrected chi connectivity index (χ0v) is 11.8. The van der Waals surface area contributed by atoms with Gasteiger partial charge in [0.15, 0.2) is 6.04 Å². The standard InChI is InChI=1S/C16H18N2O3/c1-2-10-18-11-6-9-13(18)15(19)17-14(16(20)21)12-7-4-3-5-8-12/h3-9,11,14H,2,10H2,1H3,(H,17,19)(H,20,21). The molecule has 0 aliphatic carbocycles. The Bertz CT molecular complexity index is 619. The van der Waals surface area contributed by atoms with Gasteiger partial charge in [-0.2, -0.15) is 0 Å². The molecule has 5 heteroatoms. The number of rotatable bonds is 6. The number of hydrogen-bond donors (Lipinski definition) is 2. The van der Waals surface area contributed by atoms with Crippen LogP contribution in [-0.4, -0.2) is 21.6 Å². The maximum Gasteiger partial charge on any atom is 0.330 e. The van der Waals surface area contributed by atoms with Crippen molar-refractivity contribution in [2.75, 3.05) is 0 Å². The predicted molar refractivity (Wildman–Crippen MR) is 79.0 cm³/mol. The summed E-state index contributed by atoms with van der Waals surface area (Å²) >= 11 is 0. The van der Waals surface area contributed by atoms with Gasteiger partial charge in [0.1, 0.15) is 5.69 Å². The second kappa shape index (κ2) is 6.74. The van der Waals surface area contributed by atoms with Crippen molar-refractivity contribution in [3.05, 3.63) is 59.9 Å². The third-order valence-corrected chi connectivity index (χ3v) is 3.18. The SMILES string of the molecule is CCCn1cccc1C(=O)NC(C(=O)O)c1ccccc1. The van der Waals surface area contributed by atoms with Crippen LogP contribution in [0.15, 0.2) is 48.7 Å². The van der Waals surface area contributed by atoms with Crippen LogP contribution in [0.3, 0.4) is 0 Å². The Labute approximate surface area is 123 Å². The molecule has 0 aliphatic heterocycles. The van der Waals surface area contributed by atoms with E-state index in [0.29, 0.717) is 11.3 Å². The molecule has 1 unspecified atom stereocenters. The molecule has 0 fully saturated rings. The van der Waals surface area contributed by atoms with E-state index in [1.807, 2.05) is 17.7 Å². The lowest BCUT2D eigenvalue weighted by Gasteiger charge is -2.16. The molecule has 0 bridgehead atoms. The molecule has 2 N–H and O–H groups in total. The summed E-state index contributed by atoms with van der Waals surface area (Å²) < 4.78 is 1.82. The van der Waals surface area contributed by atoms with E-state index in [0.717, 1.165) is 13.0 Å². The van der Waals surface area contributed by atoms with Crippen molar-refractivity contribution in [1.29, 1.82) is 0 Å². The number of amides is 1. The van der Waals surface area contributed by atoms with Crippen LogP contribution < -0.4 is 5.32 Å². The van der Waals surface area contributed by atoms with Crippen molar-refractivity contribution in [1.82, 2.24) is 9.88 Å². The first-order valence-corrected chi connectivity index (χ1v) is 6.87. The minimum absolute atomic E-state index is 0.385. The zero-order valence-electron chi connectivity index (χ0n) is 11.8. The molecule has 1 aromatic heterocycles. The van der Waals surface area contributed by atoms with E-state index in [4.69, 9.17) is 0 Å². The number of benzene rings is 1. The van der Waals surface area contributed by atoms with Crippen LogP contribution in [0.1, 0.15) is 35.4 Å². The number of aliphatic carboxylic acids is 1. The molecule has 110 valence electrons. The number of carboxylic acid groups (broad SMARTS) is 1. The molecule has 0 spiro atoms. The van der Waals surface area contributed by atoms with Crippen LogP contribution >= 0.6 is 0 Å². The smallest absolute Gasteiger partial charge is 0.330 e. The van der Waals surface area contributed by atoms with Gasteiger partial charge in [-0.3, -0.25) is 4.79 Å². The Morgan fingerprint density at radius 1 is 1.19 bits per heavy atom. The van der Waals surface area contributed by atoms with Crippen LogP contribution in [-0.2, 0) is 11.3 Å². The van der Waals surface area contributed by atoms with Gasteiger partial charge in [0.25, 0.3) is 5.91 Å². The fourth-order valence-electron chi connectivity index (χ4n) is 2.19. The Balaban J connectivity index is 2.19. The first-order chi connectivity index (χ1) is 10.1. The molecular formula is C16H18N2O3. The van der Waals surface area contributed by atoms with Crippen molar-refractivity contribution in [2.24, 2.45) is 0 Å². The number of carbonyl (C=O) groups excluding carboxylic acids is 1. The Morgan fingerprint density at radius 2 is 1.90 bits per heavy atom. The normalized spacial score (nSPS) is 11.9. The monoisotopic (exact) mass is 286 g/mol. The number of carboxylic acids is 1. The molecule has 0 aliphatic rings. The van der Waals surface area contributed by atoms with Crippen molar-refractivity contribution in [3.8, 4) is 0 Å². The van der Waals surface area contributed by atoms with Crippen LogP contribution in [0.5, 0.6) is 0 Å². The number of aryl methyl sites for hydroxylation is 1. The number of hydrogen-bond acceptors (Lipinski definition) is 2.